The molecule has 1 aliphatic rings. The molecule has 0 aromatic carbocycles. The van der Waals surface area contributed by atoms with Crippen molar-refractivity contribution in [3.63, 3.8) is 0 Å². The molecule has 1 rings (SSSR count). The molecular weight excluding hydrogens is 228 g/mol. The molecule has 3 heteroatoms. The molecule has 1 fully saturated rings. The smallest absolute Gasteiger partial charge is 0.0784 e. The van der Waals surface area contributed by atoms with Gasteiger partial charge in [0.25, 0.3) is 0 Å². The van der Waals surface area contributed by atoms with Crippen LogP contribution in [-0.2, 0) is 0 Å². The van der Waals surface area contributed by atoms with Crippen LogP contribution in [0, 0.1) is 5.41 Å². The molecule has 2 N–H and O–H groups in total. The van der Waals surface area contributed by atoms with Crippen molar-refractivity contribution in [2.75, 3.05) is 19.6 Å². The lowest BCUT2D eigenvalue weighted by Crippen LogP contribution is -2.32. The maximum atomic E-state index is 5.75. The molecule has 0 bridgehead atoms. The lowest BCUT2D eigenvalue weighted by molar-refractivity contribution is 0.235. The summed E-state index contributed by atoms with van der Waals surface area (Å²) in [6.07, 6.45) is 9.33. The van der Waals surface area contributed by atoms with Crippen molar-refractivity contribution in [1.29, 1.82) is 0 Å². The summed E-state index contributed by atoms with van der Waals surface area (Å²) < 4.78 is 0. The van der Waals surface area contributed by atoms with Gasteiger partial charge in [-0.1, -0.05) is 45.3 Å². The van der Waals surface area contributed by atoms with Gasteiger partial charge in [0.05, 0.1) is 4.99 Å². The van der Waals surface area contributed by atoms with Crippen molar-refractivity contribution in [1.82, 2.24) is 4.90 Å². The minimum Gasteiger partial charge on any atom is -0.393 e. The highest BCUT2D eigenvalue weighted by molar-refractivity contribution is 7.80. The third-order valence-electron chi connectivity index (χ3n) is 3.89. The fourth-order valence-electron chi connectivity index (χ4n) is 2.40. The van der Waals surface area contributed by atoms with Crippen LogP contribution in [0.25, 0.3) is 0 Å². The second-order valence-corrected chi connectivity index (χ2v) is 6.40. The SMILES string of the molecule is CC(C)(CCCN1CCCCCCC1)C(N)=S. The second kappa shape index (κ2) is 7.32. The van der Waals surface area contributed by atoms with E-state index in [9.17, 15) is 0 Å². The molecule has 0 aliphatic carbocycles. The van der Waals surface area contributed by atoms with Gasteiger partial charge in [-0.15, -0.1) is 0 Å². The van der Waals surface area contributed by atoms with Crippen LogP contribution in [0.5, 0.6) is 0 Å². The lowest BCUT2D eigenvalue weighted by Gasteiger charge is -2.27. The second-order valence-electron chi connectivity index (χ2n) is 5.96. The fourth-order valence-corrected chi connectivity index (χ4v) is 2.51. The number of nitrogens with two attached hydrogens (primary N) is 1. The van der Waals surface area contributed by atoms with Gasteiger partial charge in [0, 0.05) is 5.41 Å². The van der Waals surface area contributed by atoms with Crippen molar-refractivity contribution in [2.24, 2.45) is 11.1 Å². The van der Waals surface area contributed by atoms with Gasteiger partial charge in [-0.05, 0) is 45.3 Å². The van der Waals surface area contributed by atoms with Gasteiger partial charge in [0.15, 0.2) is 0 Å². The number of rotatable bonds is 5. The van der Waals surface area contributed by atoms with Crippen LogP contribution in [0.2, 0.25) is 0 Å². The molecule has 2 nitrogen and oxygen atoms in total. The van der Waals surface area contributed by atoms with E-state index in [1.165, 1.54) is 58.2 Å². The van der Waals surface area contributed by atoms with Crippen LogP contribution in [-0.4, -0.2) is 29.5 Å². The van der Waals surface area contributed by atoms with Crippen molar-refractivity contribution in [3.8, 4) is 0 Å². The summed E-state index contributed by atoms with van der Waals surface area (Å²) >= 11 is 5.11. The standard InChI is InChI=1S/C14H28N2S/c1-14(2,13(15)17)9-8-12-16-10-6-4-3-5-7-11-16/h3-12H2,1-2H3,(H2,15,17). The number of thiocarbonyl (C=S) groups is 1. The molecule has 0 spiro atoms. The van der Waals surface area contributed by atoms with Gasteiger partial charge >= 0.3 is 0 Å². The predicted octanol–water partition coefficient (Wildman–Crippen LogP) is 3.35. The molecule has 0 amide bonds. The third kappa shape index (κ3) is 5.82. The highest BCUT2D eigenvalue weighted by Gasteiger charge is 2.21. The van der Waals surface area contributed by atoms with E-state index in [-0.39, 0.29) is 5.41 Å². The Hall–Kier alpha value is -0.150. The topological polar surface area (TPSA) is 29.3 Å². The Kier molecular flexibility index (Phi) is 6.42. The molecule has 0 aromatic rings. The summed E-state index contributed by atoms with van der Waals surface area (Å²) in [4.78, 5) is 3.28. The van der Waals surface area contributed by atoms with Crippen LogP contribution < -0.4 is 5.73 Å². The molecule has 0 radical (unpaired) electrons. The number of nitrogens with zero attached hydrogens (tertiary/aromatic N) is 1. The average Bonchev–Trinajstić information content (AvgIpc) is 2.20. The molecule has 0 aromatic heterocycles. The van der Waals surface area contributed by atoms with Gasteiger partial charge in [-0.2, -0.15) is 0 Å². The summed E-state index contributed by atoms with van der Waals surface area (Å²) in [5.41, 5.74) is 5.78. The first-order valence-corrected chi connectivity index (χ1v) is 7.45. The summed E-state index contributed by atoms with van der Waals surface area (Å²) in [7, 11) is 0. The first-order chi connectivity index (χ1) is 8.02. The minimum absolute atomic E-state index is 0.0259. The molecular formula is C14H28N2S. The van der Waals surface area contributed by atoms with Crippen LogP contribution in [0.4, 0.5) is 0 Å². The van der Waals surface area contributed by atoms with Gasteiger partial charge in [0.1, 0.15) is 0 Å². The minimum atomic E-state index is 0.0259. The molecule has 17 heavy (non-hydrogen) atoms. The van der Waals surface area contributed by atoms with Crippen LogP contribution in [0.15, 0.2) is 0 Å². The monoisotopic (exact) mass is 256 g/mol. The molecule has 0 atom stereocenters. The number of hydrogen-bond donors (Lipinski definition) is 1. The van der Waals surface area contributed by atoms with Crippen molar-refractivity contribution >= 4 is 17.2 Å². The zero-order valence-corrected chi connectivity index (χ0v) is 12.3. The Bertz CT molecular complexity index is 230. The normalized spacial score (nSPS) is 19.6. The Labute approximate surface area is 112 Å². The predicted molar refractivity (Wildman–Crippen MR) is 79.3 cm³/mol. The van der Waals surface area contributed by atoms with Gasteiger partial charge in [-0.3, -0.25) is 0 Å². The summed E-state index contributed by atoms with van der Waals surface area (Å²) in [5.74, 6) is 0. The van der Waals surface area contributed by atoms with Crippen molar-refractivity contribution in [3.05, 3.63) is 0 Å². The number of hydrogen-bond acceptors (Lipinski definition) is 2. The Morgan fingerprint density at radius 1 is 1.12 bits per heavy atom. The van der Waals surface area contributed by atoms with E-state index in [1.54, 1.807) is 0 Å². The first kappa shape index (κ1) is 14.9. The zero-order chi connectivity index (χ0) is 12.7. The number of likely N-dealkylation sites (tertiary alicyclic amines) is 1. The average molecular weight is 256 g/mol. The maximum absolute atomic E-state index is 5.75. The van der Waals surface area contributed by atoms with Gasteiger partial charge in [0.2, 0.25) is 0 Å². The van der Waals surface area contributed by atoms with E-state index in [1.807, 2.05) is 0 Å². The van der Waals surface area contributed by atoms with E-state index in [0.717, 1.165) is 6.42 Å². The summed E-state index contributed by atoms with van der Waals surface area (Å²) in [5, 5.41) is 0. The van der Waals surface area contributed by atoms with E-state index < -0.39 is 0 Å². The quantitative estimate of drug-likeness (QED) is 0.765. The molecule has 1 saturated heterocycles. The highest BCUT2D eigenvalue weighted by Crippen LogP contribution is 2.23. The van der Waals surface area contributed by atoms with Crippen molar-refractivity contribution in [2.45, 2.75) is 58.8 Å². The van der Waals surface area contributed by atoms with Crippen molar-refractivity contribution < 1.29 is 0 Å². The lowest BCUT2D eigenvalue weighted by atomic mass is 9.88. The Morgan fingerprint density at radius 2 is 1.65 bits per heavy atom. The molecule has 0 saturated carbocycles. The van der Waals surface area contributed by atoms with Gasteiger partial charge < -0.3 is 10.6 Å². The maximum Gasteiger partial charge on any atom is 0.0784 e. The van der Waals surface area contributed by atoms with E-state index >= 15 is 0 Å². The molecule has 1 heterocycles. The van der Waals surface area contributed by atoms with E-state index in [2.05, 4.69) is 18.7 Å². The first-order valence-electron chi connectivity index (χ1n) is 7.05. The van der Waals surface area contributed by atoms with E-state index in [4.69, 9.17) is 18.0 Å². The zero-order valence-electron chi connectivity index (χ0n) is 11.5. The summed E-state index contributed by atoms with van der Waals surface area (Å²) in [6.45, 7) is 8.10. The van der Waals surface area contributed by atoms with E-state index in [0.29, 0.717) is 4.99 Å². The highest BCUT2D eigenvalue weighted by atomic mass is 32.1. The van der Waals surface area contributed by atoms with Crippen LogP contribution >= 0.6 is 12.2 Å². The van der Waals surface area contributed by atoms with Crippen LogP contribution in [0.1, 0.15) is 58.8 Å². The third-order valence-corrected chi connectivity index (χ3v) is 4.44. The largest absolute Gasteiger partial charge is 0.393 e. The fraction of sp³-hybridized carbons (Fsp3) is 0.929. The van der Waals surface area contributed by atoms with Crippen LogP contribution in [0.3, 0.4) is 0 Å². The Balaban J connectivity index is 2.22. The summed E-state index contributed by atoms with van der Waals surface area (Å²) in [6, 6.07) is 0. The van der Waals surface area contributed by atoms with Gasteiger partial charge in [-0.25, -0.2) is 0 Å². The molecule has 100 valence electrons. The Morgan fingerprint density at radius 3 is 2.18 bits per heavy atom. The molecule has 0 unspecified atom stereocenters. The molecule has 1 aliphatic heterocycles.